The maximum absolute atomic E-state index is 12.1. The number of hydrogen-bond donors (Lipinski definition) is 2. The lowest BCUT2D eigenvalue weighted by atomic mass is 10.3. The number of benzene rings is 1. The predicted molar refractivity (Wildman–Crippen MR) is 86.3 cm³/mol. The normalized spacial score (nSPS) is 15.8. The Labute approximate surface area is 137 Å². The van der Waals surface area contributed by atoms with Crippen molar-refractivity contribution in [1.82, 2.24) is 9.97 Å². The van der Waals surface area contributed by atoms with Gasteiger partial charge in [0.05, 0.1) is 18.1 Å². The number of carbonyl (C=O) groups excluding carboxylic acids is 1. The van der Waals surface area contributed by atoms with Crippen molar-refractivity contribution in [3.8, 4) is 11.6 Å². The fourth-order valence-corrected chi connectivity index (χ4v) is 2.05. The molecular weight excluding hydrogens is 320 g/mol. The predicted octanol–water partition coefficient (Wildman–Crippen LogP) is 3.10. The number of fused-ring (bicyclic) bond motifs is 3. The molecule has 0 unspecified atom stereocenters. The number of ether oxygens (including phenoxy) is 2. The third-order valence-corrected chi connectivity index (χ3v) is 3.11. The van der Waals surface area contributed by atoms with Crippen LogP contribution < -0.4 is 20.1 Å². The number of aromatic nitrogens is 2. The summed E-state index contributed by atoms with van der Waals surface area (Å²) in [6, 6.07) is 4.49. The average Bonchev–Trinajstić information content (AvgIpc) is 2.52. The highest BCUT2D eigenvalue weighted by Crippen LogP contribution is 2.28. The van der Waals surface area contributed by atoms with E-state index in [0.717, 1.165) is 0 Å². The Morgan fingerprint density at radius 1 is 1.09 bits per heavy atom. The Balaban J connectivity index is 1.89. The molecule has 0 spiro atoms. The first-order chi connectivity index (χ1) is 11.2. The van der Waals surface area contributed by atoms with Crippen LogP contribution in [0.3, 0.4) is 0 Å². The Kier molecular flexibility index (Phi) is 4.58. The van der Waals surface area contributed by atoms with Crippen molar-refractivity contribution in [1.29, 1.82) is 0 Å². The maximum atomic E-state index is 12.1. The van der Waals surface area contributed by atoms with Crippen molar-refractivity contribution in [3.63, 3.8) is 0 Å². The topological polar surface area (TPSA) is 85.4 Å². The molecule has 7 nitrogen and oxygen atoms in total. The molecule has 0 fully saturated rings. The number of halogens is 1. The van der Waals surface area contributed by atoms with E-state index in [0.29, 0.717) is 35.6 Å². The maximum Gasteiger partial charge on any atom is 0.325 e. The second kappa shape index (κ2) is 6.97. The summed E-state index contributed by atoms with van der Waals surface area (Å²) < 4.78 is 11.0. The van der Waals surface area contributed by atoms with Gasteiger partial charge in [-0.2, -0.15) is 4.98 Å². The fraction of sp³-hybridized carbons (Fsp3) is 0.133. The fourth-order valence-electron chi connectivity index (χ4n) is 1.88. The summed E-state index contributed by atoms with van der Waals surface area (Å²) in [5, 5.41) is 5.73. The summed E-state index contributed by atoms with van der Waals surface area (Å²) in [5.74, 6) is 1.09. The molecule has 2 amide bonds. The molecular formula is C15H13ClN4O3. The van der Waals surface area contributed by atoms with Gasteiger partial charge < -0.3 is 14.8 Å². The van der Waals surface area contributed by atoms with Crippen LogP contribution in [0.4, 0.5) is 16.3 Å². The lowest BCUT2D eigenvalue weighted by molar-refractivity contribution is 0.262. The van der Waals surface area contributed by atoms with Gasteiger partial charge in [0.15, 0.2) is 5.82 Å². The Morgan fingerprint density at radius 2 is 1.91 bits per heavy atom. The van der Waals surface area contributed by atoms with E-state index in [2.05, 4.69) is 20.6 Å². The monoisotopic (exact) mass is 332 g/mol. The summed E-state index contributed by atoms with van der Waals surface area (Å²) in [7, 11) is 0. The van der Waals surface area contributed by atoms with Gasteiger partial charge in [0.25, 0.3) is 0 Å². The zero-order valence-corrected chi connectivity index (χ0v) is 12.7. The van der Waals surface area contributed by atoms with Crippen LogP contribution in [-0.4, -0.2) is 29.2 Å². The molecule has 2 N–H and O–H groups in total. The molecule has 23 heavy (non-hydrogen) atoms. The molecule has 2 bridgehead atoms. The SMILES string of the molecule is O=C1Nc2cncc(n2)OC/C=C\COc2ccc(Cl)cc2N1. The molecule has 8 heteroatoms. The minimum Gasteiger partial charge on any atom is -0.487 e. The van der Waals surface area contributed by atoms with Crippen LogP contribution >= 0.6 is 11.6 Å². The third-order valence-electron chi connectivity index (χ3n) is 2.87. The molecule has 1 aromatic heterocycles. The number of urea groups is 1. The van der Waals surface area contributed by atoms with Crippen LogP contribution in [-0.2, 0) is 0 Å². The molecule has 2 aromatic rings. The van der Waals surface area contributed by atoms with E-state index in [4.69, 9.17) is 21.1 Å². The van der Waals surface area contributed by atoms with Gasteiger partial charge in [0, 0.05) is 5.02 Å². The number of rotatable bonds is 0. The Hall–Kier alpha value is -2.80. The molecule has 2 heterocycles. The second-order valence-corrected chi connectivity index (χ2v) is 4.99. The summed E-state index contributed by atoms with van der Waals surface area (Å²) in [6.07, 6.45) is 6.50. The zero-order chi connectivity index (χ0) is 16.1. The van der Waals surface area contributed by atoms with Crippen LogP contribution in [0, 0.1) is 0 Å². The van der Waals surface area contributed by atoms with Gasteiger partial charge >= 0.3 is 6.03 Å². The van der Waals surface area contributed by atoms with Crippen LogP contribution in [0.1, 0.15) is 0 Å². The van der Waals surface area contributed by atoms with Gasteiger partial charge in [-0.15, -0.1) is 0 Å². The number of amides is 2. The van der Waals surface area contributed by atoms with Gasteiger partial charge in [0.1, 0.15) is 19.0 Å². The van der Waals surface area contributed by atoms with E-state index in [9.17, 15) is 4.79 Å². The molecule has 0 aliphatic carbocycles. The van der Waals surface area contributed by atoms with Gasteiger partial charge in [0.2, 0.25) is 5.88 Å². The Bertz CT molecular complexity index is 751. The van der Waals surface area contributed by atoms with E-state index in [1.807, 2.05) is 12.2 Å². The minimum atomic E-state index is -0.490. The summed E-state index contributed by atoms with van der Waals surface area (Å²) in [4.78, 5) is 20.2. The lowest BCUT2D eigenvalue weighted by Crippen LogP contribution is -2.21. The lowest BCUT2D eigenvalue weighted by Gasteiger charge is -2.13. The first-order valence-corrected chi connectivity index (χ1v) is 7.19. The van der Waals surface area contributed by atoms with Crippen LogP contribution in [0.2, 0.25) is 5.02 Å². The van der Waals surface area contributed by atoms with E-state index < -0.39 is 6.03 Å². The van der Waals surface area contributed by atoms with Crippen molar-refractivity contribution in [2.45, 2.75) is 0 Å². The highest BCUT2D eigenvalue weighted by molar-refractivity contribution is 6.31. The third kappa shape index (κ3) is 4.10. The summed E-state index contributed by atoms with van der Waals surface area (Å²) in [5.41, 5.74) is 0.459. The van der Waals surface area contributed by atoms with E-state index >= 15 is 0 Å². The van der Waals surface area contributed by atoms with Crippen LogP contribution in [0.25, 0.3) is 0 Å². The Morgan fingerprint density at radius 3 is 2.78 bits per heavy atom. The summed E-state index contributed by atoms with van der Waals surface area (Å²) in [6.45, 7) is 0.647. The van der Waals surface area contributed by atoms with Gasteiger partial charge in [-0.25, -0.2) is 4.79 Å². The standard InChI is InChI=1S/C15H13ClN4O3/c16-10-3-4-12-11(7-10)18-15(21)20-13-8-17-9-14(19-13)23-6-2-1-5-22-12/h1-4,7-9H,5-6H2,(H2,18,19,20,21)/b2-1-. The first kappa shape index (κ1) is 15.1. The van der Waals surface area contributed by atoms with Gasteiger partial charge in [-0.3, -0.25) is 10.3 Å². The molecule has 0 saturated heterocycles. The molecule has 3 rings (SSSR count). The number of carbonyl (C=O) groups is 1. The molecule has 1 aromatic carbocycles. The highest BCUT2D eigenvalue weighted by Gasteiger charge is 2.10. The largest absolute Gasteiger partial charge is 0.487 e. The van der Waals surface area contributed by atoms with Crippen molar-refractivity contribution < 1.29 is 14.3 Å². The van der Waals surface area contributed by atoms with Gasteiger partial charge in [-0.1, -0.05) is 11.6 Å². The minimum absolute atomic E-state index is 0.269. The van der Waals surface area contributed by atoms with Crippen LogP contribution in [0.15, 0.2) is 42.7 Å². The molecule has 1 aliphatic rings. The average molecular weight is 333 g/mol. The number of nitrogens with one attached hydrogen (secondary N) is 2. The summed E-state index contributed by atoms with van der Waals surface area (Å²) >= 11 is 5.97. The van der Waals surface area contributed by atoms with Crippen LogP contribution in [0.5, 0.6) is 11.6 Å². The molecule has 1 aliphatic heterocycles. The van der Waals surface area contributed by atoms with Crippen molar-refractivity contribution >= 4 is 29.1 Å². The zero-order valence-electron chi connectivity index (χ0n) is 12.0. The van der Waals surface area contributed by atoms with Crippen molar-refractivity contribution in [2.75, 3.05) is 23.8 Å². The quantitative estimate of drug-likeness (QED) is 0.724. The first-order valence-electron chi connectivity index (χ1n) is 6.81. The molecule has 0 saturated carbocycles. The number of hydrogen-bond acceptors (Lipinski definition) is 5. The molecule has 0 radical (unpaired) electrons. The van der Waals surface area contributed by atoms with Crippen molar-refractivity contribution in [3.05, 3.63) is 47.8 Å². The van der Waals surface area contributed by atoms with Crippen molar-refractivity contribution in [2.24, 2.45) is 0 Å². The number of anilines is 2. The second-order valence-electron chi connectivity index (χ2n) is 4.56. The molecule has 118 valence electrons. The van der Waals surface area contributed by atoms with E-state index in [-0.39, 0.29) is 5.82 Å². The van der Waals surface area contributed by atoms with E-state index in [1.54, 1.807) is 18.2 Å². The van der Waals surface area contributed by atoms with E-state index in [1.165, 1.54) is 12.4 Å². The number of nitrogens with zero attached hydrogens (tertiary/aromatic N) is 2. The van der Waals surface area contributed by atoms with Gasteiger partial charge in [-0.05, 0) is 30.4 Å². The smallest absolute Gasteiger partial charge is 0.325 e. The molecule has 0 atom stereocenters. The highest BCUT2D eigenvalue weighted by atomic mass is 35.5.